The van der Waals surface area contributed by atoms with Gasteiger partial charge in [0.2, 0.25) is 11.8 Å². The maximum absolute atomic E-state index is 11.2. The topological polar surface area (TPSA) is 86.2 Å². The summed E-state index contributed by atoms with van der Waals surface area (Å²) in [6.45, 7) is 4.20. The molecule has 0 atom stereocenters. The van der Waals surface area contributed by atoms with E-state index in [0.29, 0.717) is 11.1 Å². The van der Waals surface area contributed by atoms with Gasteiger partial charge in [-0.25, -0.2) is 0 Å². The first-order valence-corrected chi connectivity index (χ1v) is 8.00. The highest BCUT2D eigenvalue weighted by atomic mass is 16.1. The minimum absolute atomic E-state index is 0.429. The highest BCUT2D eigenvalue weighted by Gasteiger charge is 2.10. The third-order valence-corrected chi connectivity index (χ3v) is 4.11. The molecule has 2 rings (SSSR count). The minimum Gasteiger partial charge on any atom is -0.366 e. The van der Waals surface area contributed by atoms with Gasteiger partial charge in [0, 0.05) is 11.1 Å². The van der Waals surface area contributed by atoms with E-state index in [-0.39, 0.29) is 0 Å². The van der Waals surface area contributed by atoms with E-state index >= 15 is 0 Å². The van der Waals surface area contributed by atoms with Crippen molar-refractivity contribution in [2.45, 2.75) is 26.7 Å². The van der Waals surface area contributed by atoms with Gasteiger partial charge in [-0.1, -0.05) is 38.1 Å². The molecule has 4 N–H and O–H groups in total. The van der Waals surface area contributed by atoms with E-state index < -0.39 is 11.8 Å². The van der Waals surface area contributed by atoms with Gasteiger partial charge in [0.1, 0.15) is 0 Å². The van der Waals surface area contributed by atoms with Crippen LogP contribution in [0.5, 0.6) is 0 Å². The Morgan fingerprint density at radius 2 is 0.875 bits per heavy atom. The summed E-state index contributed by atoms with van der Waals surface area (Å²) in [5, 5.41) is 0. The lowest BCUT2D eigenvalue weighted by Crippen LogP contribution is -2.10. The molecular weight excluding hydrogens is 300 g/mol. The molecule has 2 aromatic carbocycles. The first-order valence-electron chi connectivity index (χ1n) is 8.00. The maximum Gasteiger partial charge on any atom is 0.248 e. The molecule has 0 unspecified atom stereocenters. The molecule has 0 saturated carbocycles. The molecule has 0 spiro atoms. The molecule has 0 heterocycles. The molecule has 124 valence electrons. The summed E-state index contributed by atoms with van der Waals surface area (Å²) in [4.78, 5) is 22.4. The van der Waals surface area contributed by atoms with Crippen molar-refractivity contribution >= 4 is 23.0 Å². The average Bonchev–Trinajstić information content (AvgIpc) is 2.59. The fourth-order valence-corrected chi connectivity index (χ4v) is 2.85. The van der Waals surface area contributed by atoms with E-state index in [2.05, 4.69) is 13.8 Å². The number of nitrogens with two attached hydrogens (primary N) is 2. The van der Waals surface area contributed by atoms with E-state index in [0.717, 1.165) is 24.0 Å². The van der Waals surface area contributed by atoms with Crippen LogP contribution in [0.15, 0.2) is 48.5 Å². The van der Waals surface area contributed by atoms with Crippen LogP contribution in [0.3, 0.4) is 0 Å². The molecule has 0 radical (unpaired) electrons. The average molecular weight is 322 g/mol. The van der Waals surface area contributed by atoms with Crippen LogP contribution in [0, 0.1) is 0 Å². The van der Waals surface area contributed by atoms with Gasteiger partial charge in [-0.3, -0.25) is 9.59 Å². The van der Waals surface area contributed by atoms with Crippen LogP contribution in [0.4, 0.5) is 0 Å². The van der Waals surface area contributed by atoms with E-state index in [4.69, 9.17) is 11.5 Å². The standard InChI is InChI=1S/C20H22N2O2/c1-3-17(13-5-9-15(10-6-13)19(21)23)18(4-2)14-7-11-16(12-8-14)20(22)24/h5-12H,3-4H2,1-2H3,(H2,21,23)(H2,22,24)/b18-17+. The van der Waals surface area contributed by atoms with Crippen molar-refractivity contribution in [3.63, 3.8) is 0 Å². The van der Waals surface area contributed by atoms with Gasteiger partial charge >= 0.3 is 0 Å². The van der Waals surface area contributed by atoms with E-state index in [1.165, 1.54) is 11.1 Å². The minimum atomic E-state index is -0.429. The Morgan fingerprint density at radius 3 is 1.08 bits per heavy atom. The van der Waals surface area contributed by atoms with Gasteiger partial charge in [0.25, 0.3) is 0 Å². The highest BCUT2D eigenvalue weighted by Crippen LogP contribution is 2.31. The van der Waals surface area contributed by atoms with Gasteiger partial charge < -0.3 is 11.5 Å². The van der Waals surface area contributed by atoms with Crippen LogP contribution in [0.2, 0.25) is 0 Å². The number of amides is 2. The van der Waals surface area contributed by atoms with Crippen LogP contribution in [0.1, 0.15) is 58.5 Å². The molecule has 0 aromatic heterocycles. The molecule has 0 aliphatic heterocycles. The quantitative estimate of drug-likeness (QED) is 0.796. The second-order valence-electron chi connectivity index (χ2n) is 5.55. The summed E-state index contributed by atoms with van der Waals surface area (Å²) in [5.74, 6) is -0.859. The number of rotatable bonds is 6. The van der Waals surface area contributed by atoms with Crippen molar-refractivity contribution in [1.82, 2.24) is 0 Å². The van der Waals surface area contributed by atoms with Crippen LogP contribution in [-0.2, 0) is 0 Å². The Kier molecular flexibility index (Phi) is 5.53. The van der Waals surface area contributed by atoms with Gasteiger partial charge in [-0.2, -0.15) is 0 Å². The molecular formula is C20H22N2O2. The number of carbonyl (C=O) groups excluding carboxylic acids is 2. The number of carbonyl (C=O) groups is 2. The SMILES string of the molecule is CC/C(=C(/CC)c1ccc(C(N)=O)cc1)c1ccc(C(N)=O)cc1. The molecule has 24 heavy (non-hydrogen) atoms. The molecule has 2 amide bonds. The van der Waals surface area contributed by atoms with Crippen molar-refractivity contribution in [3.05, 3.63) is 70.8 Å². The predicted molar refractivity (Wildman–Crippen MR) is 97.3 cm³/mol. The monoisotopic (exact) mass is 322 g/mol. The van der Waals surface area contributed by atoms with E-state index in [9.17, 15) is 9.59 Å². The van der Waals surface area contributed by atoms with Crippen LogP contribution >= 0.6 is 0 Å². The summed E-state index contributed by atoms with van der Waals surface area (Å²) in [6.07, 6.45) is 1.72. The Labute approximate surface area is 142 Å². The van der Waals surface area contributed by atoms with Gasteiger partial charge in [-0.05, 0) is 59.4 Å². The summed E-state index contributed by atoms with van der Waals surface area (Å²) < 4.78 is 0. The Morgan fingerprint density at radius 1 is 0.625 bits per heavy atom. The molecule has 0 aliphatic carbocycles. The maximum atomic E-state index is 11.2. The summed E-state index contributed by atoms with van der Waals surface area (Å²) in [6, 6.07) is 14.7. The van der Waals surface area contributed by atoms with E-state index in [1.807, 2.05) is 24.3 Å². The number of allylic oxidation sites excluding steroid dienone is 2. The largest absolute Gasteiger partial charge is 0.366 e. The number of primary amides is 2. The smallest absolute Gasteiger partial charge is 0.248 e. The summed E-state index contributed by atoms with van der Waals surface area (Å²) >= 11 is 0. The van der Waals surface area contributed by atoms with Crippen molar-refractivity contribution in [2.24, 2.45) is 11.5 Å². The predicted octanol–water partition coefficient (Wildman–Crippen LogP) is 3.62. The number of benzene rings is 2. The fraction of sp³-hybridized carbons (Fsp3) is 0.200. The lowest BCUT2D eigenvalue weighted by atomic mass is 9.90. The highest BCUT2D eigenvalue weighted by molar-refractivity contribution is 5.96. The lowest BCUT2D eigenvalue weighted by Gasteiger charge is -2.14. The Balaban J connectivity index is 2.48. The lowest BCUT2D eigenvalue weighted by molar-refractivity contribution is 0.0992. The normalized spacial score (nSPS) is 11.8. The third kappa shape index (κ3) is 3.71. The number of hydrogen-bond donors (Lipinski definition) is 2. The Bertz CT molecular complexity index is 705. The number of hydrogen-bond acceptors (Lipinski definition) is 2. The second kappa shape index (κ2) is 7.59. The molecule has 4 nitrogen and oxygen atoms in total. The zero-order valence-corrected chi connectivity index (χ0v) is 14.0. The zero-order chi connectivity index (χ0) is 17.7. The summed E-state index contributed by atoms with van der Waals surface area (Å²) in [7, 11) is 0. The van der Waals surface area contributed by atoms with Crippen LogP contribution in [-0.4, -0.2) is 11.8 Å². The fourth-order valence-electron chi connectivity index (χ4n) is 2.85. The van der Waals surface area contributed by atoms with Crippen molar-refractivity contribution in [3.8, 4) is 0 Å². The first-order chi connectivity index (χ1) is 11.5. The van der Waals surface area contributed by atoms with Crippen molar-refractivity contribution < 1.29 is 9.59 Å². The molecule has 0 aliphatic rings. The molecule has 0 bridgehead atoms. The molecule has 2 aromatic rings. The first kappa shape index (κ1) is 17.5. The third-order valence-electron chi connectivity index (χ3n) is 4.11. The Hall–Kier alpha value is -2.88. The molecule has 0 fully saturated rings. The summed E-state index contributed by atoms with van der Waals surface area (Å²) in [5.41, 5.74) is 16.1. The molecule has 4 heteroatoms. The van der Waals surface area contributed by atoms with Crippen LogP contribution in [0.25, 0.3) is 11.1 Å². The van der Waals surface area contributed by atoms with Crippen LogP contribution < -0.4 is 11.5 Å². The van der Waals surface area contributed by atoms with Gasteiger partial charge in [0.15, 0.2) is 0 Å². The molecule has 0 saturated heterocycles. The van der Waals surface area contributed by atoms with E-state index in [1.54, 1.807) is 24.3 Å². The van der Waals surface area contributed by atoms with Gasteiger partial charge in [0.05, 0.1) is 0 Å². The van der Waals surface area contributed by atoms with Crippen molar-refractivity contribution in [2.75, 3.05) is 0 Å². The van der Waals surface area contributed by atoms with Crippen molar-refractivity contribution in [1.29, 1.82) is 0 Å². The second-order valence-corrected chi connectivity index (χ2v) is 5.55. The zero-order valence-electron chi connectivity index (χ0n) is 14.0. The van der Waals surface area contributed by atoms with Gasteiger partial charge in [-0.15, -0.1) is 0 Å².